The van der Waals surface area contributed by atoms with Crippen molar-refractivity contribution in [1.82, 2.24) is 9.80 Å². The second-order valence-electron chi connectivity index (χ2n) is 16.4. The summed E-state index contributed by atoms with van der Waals surface area (Å²) < 4.78 is 34.6. The molecule has 2 fully saturated rings. The minimum absolute atomic E-state index is 0.0105. The van der Waals surface area contributed by atoms with E-state index in [0.717, 1.165) is 40.2 Å². The van der Waals surface area contributed by atoms with Crippen molar-refractivity contribution in [2.24, 2.45) is 5.41 Å². The van der Waals surface area contributed by atoms with E-state index in [1.807, 2.05) is 38.2 Å². The number of ether oxygens (including phenoxy) is 6. The van der Waals surface area contributed by atoms with Crippen molar-refractivity contribution in [1.29, 1.82) is 0 Å². The maximum absolute atomic E-state index is 14.3. The Morgan fingerprint density at radius 2 is 1.50 bits per heavy atom. The van der Waals surface area contributed by atoms with Crippen molar-refractivity contribution < 1.29 is 52.7 Å². The molecule has 0 radical (unpaired) electrons. The number of carbonyl (C=O) groups excluding carboxylic acids is 4. The normalized spacial score (nSPS) is 20.5. The Kier molecular flexibility index (Phi) is 11.7. The Morgan fingerprint density at radius 3 is 2.19 bits per heavy atom. The molecule has 326 valence electrons. The lowest BCUT2D eigenvalue weighted by Crippen LogP contribution is -2.50. The fourth-order valence-electron chi connectivity index (χ4n) is 8.94. The lowest BCUT2D eigenvalue weighted by Gasteiger charge is -2.31. The Labute approximate surface area is 360 Å². The van der Waals surface area contributed by atoms with Gasteiger partial charge in [0.1, 0.15) is 24.7 Å². The number of amides is 4. The van der Waals surface area contributed by atoms with E-state index in [-0.39, 0.29) is 73.1 Å². The topological polar surface area (TPSA) is 157 Å². The molecule has 1 N–H and O–H groups in total. The molecule has 1 saturated carbocycles. The molecule has 15 nitrogen and oxygen atoms in total. The highest BCUT2D eigenvalue weighted by Crippen LogP contribution is 2.57. The third-order valence-electron chi connectivity index (χ3n) is 12.4. The predicted octanol–water partition coefficient (Wildman–Crippen LogP) is 7.02. The summed E-state index contributed by atoms with van der Waals surface area (Å²) in [4.78, 5) is 61.3. The zero-order chi connectivity index (χ0) is 43.9. The zero-order valence-electron chi connectivity index (χ0n) is 35.5. The first-order chi connectivity index (χ1) is 29.9. The van der Waals surface area contributed by atoms with E-state index in [1.54, 1.807) is 41.2 Å². The van der Waals surface area contributed by atoms with Gasteiger partial charge in [-0.05, 0) is 85.4 Å². The number of aliphatic hydroxyl groups excluding tert-OH is 1. The first-order valence-corrected chi connectivity index (χ1v) is 20.8. The maximum Gasteiger partial charge on any atom is 0.416 e. The number of methoxy groups -OCH3 is 2. The van der Waals surface area contributed by atoms with Crippen LogP contribution in [0, 0.1) is 19.3 Å². The van der Waals surface area contributed by atoms with E-state index in [4.69, 9.17) is 28.4 Å². The van der Waals surface area contributed by atoms with Crippen LogP contribution in [0.3, 0.4) is 0 Å². The highest BCUT2D eigenvalue weighted by Gasteiger charge is 2.58. The van der Waals surface area contributed by atoms with Crippen molar-refractivity contribution in [3.63, 3.8) is 0 Å². The number of hydrogen-bond donors (Lipinski definition) is 1. The Bertz CT molecular complexity index is 2360. The highest BCUT2D eigenvalue weighted by atomic mass is 16.6. The summed E-state index contributed by atoms with van der Waals surface area (Å²) in [5.41, 5.74) is 4.56. The Morgan fingerprint density at radius 1 is 0.823 bits per heavy atom. The molecule has 1 aliphatic carbocycles. The monoisotopic (exact) mass is 848 g/mol. The largest absolute Gasteiger partial charge is 0.496 e. The van der Waals surface area contributed by atoms with Crippen LogP contribution in [-0.4, -0.2) is 111 Å². The van der Waals surface area contributed by atoms with E-state index in [2.05, 4.69) is 13.2 Å². The van der Waals surface area contributed by atoms with Crippen LogP contribution in [0.2, 0.25) is 0 Å². The molecule has 5 aliphatic rings. The van der Waals surface area contributed by atoms with Crippen LogP contribution >= 0.6 is 0 Å². The molecular formula is C47H52N4O11. The van der Waals surface area contributed by atoms with Crippen LogP contribution < -0.4 is 28.7 Å². The van der Waals surface area contributed by atoms with Gasteiger partial charge in [0.2, 0.25) is 0 Å². The summed E-state index contributed by atoms with van der Waals surface area (Å²) in [7, 11) is 3.10. The van der Waals surface area contributed by atoms with Gasteiger partial charge in [0.25, 0.3) is 11.8 Å². The number of nitrogens with zero attached hydrogens (tertiary/aromatic N) is 4. The summed E-state index contributed by atoms with van der Waals surface area (Å²) in [6, 6.07) is 11.5. The third-order valence-corrected chi connectivity index (χ3v) is 12.4. The van der Waals surface area contributed by atoms with Gasteiger partial charge in [-0.1, -0.05) is 37.4 Å². The van der Waals surface area contributed by atoms with E-state index in [1.165, 1.54) is 24.2 Å². The molecule has 3 aromatic carbocycles. The molecule has 3 atom stereocenters. The molecule has 8 rings (SSSR count). The van der Waals surface area contributed by atoms with Crippen LogP contribution in [0.1, 0.15) is 69.5 Å². The molecule has 0 aromatic heterocycles. The molecule has 1 spiro atoms. The third kappa shape index (κ3) is 7.81. The van der Waals surface area contributed by atoms with Gasteiger partial charge >= 0.3 is 12.2 Å². The fourth-order valence-corrected chi connectivity index (χ4v) is 8.94. The number of fused-ring (bicyclic) bond motifs is 4. The van der Waals surface area contributed by atoms with Gasteiger partial charge in [-0.3, -0.25) is 14.5 Å². The van der Waals surface area contributed by atoms with Gasteiger partial charge in [0, 0.05) is 31.3 Å². The van der Waals surface area contributed by atoms with E-state index in [0.29, 0.717) is 54.3 Å². The number of rotatable bonds is 13. The highest BCUT2D eigenvalue weighted by molar-refractivity contribution is 6.07. The van der Waals surface area contributed by atoms with Crippen molar-refractivity contribution in [2.75, 3.05) is 63.5 Å². The van der Waals surface area contributed by atoms with Crippen LogP contribution in [-0.2, 0) is 9.47 Å². The average molecular weight is 849 g/mol. The van der Waals surface area contributed by atoms with Gasteiger partial charge in [0.15, 0.2) is 17.7 Å². The predicted molar refractivity (Wildman–Crippen MR) is 230 cm³/mol. The van der Waals surface area contributed by atoms with E-state index < -0.39 is 24.5 Å². The van der Waals surface area contributed by atoms with E-state index >= 15 is 0 Å². The maximum atomic E-state index is 14.3. The van der Waals surface area contributed by atoms with Gasteiger partial charge in [0.05, 0.1) is 68.6 Å². The lowest BCUT2D eigenvalue weighted by atomic mass is 10.0. The zero-order valence-corrected chi connectivity index (χ0v) is 35.5. The Balaban J connectivity index is 1.00. The molecule has 62 heavy (non-hydrogen) atoms. The van der Waals surface area contributed by atoms with Crippen molar-refractivity contribution in [2.45, 2.75) is 64.3 Å². The smallest absolute Gasteiger partial charge is 0.416 e. The SMILES string of the molecule is C=CCOC(=O)N1C[C@@H]2CC(c3ccc(C)c(OC)c3)=CN2C(=O)c2cc(OC)c(OCCCOc3cc4c(cc3C)C(=O)N3CC5(CC5)C[C@H]3C(O)N4C(=O)OCC=C)cc21. The minimum Gasteiger partial charge on any atom is -0.496 e. The van der Waals surface area contributed by atoms with Gasteiger partial charge in [-0.15, -0.1) is 0 Å². The first kappa shape index (κ1) is 42.2. The van der Waals surface area contributed by atoms with Crippen LogP contribution in [0.25, 0.3) is 5.57 Å². The van der Waals surface area contributed by atoms with Gasteiger partial charge in [-0.25, -0.2) is 14.5 Å². The first-order valence-electron chi connectivity index (χ1n) is 20.8. The molecule has 4 amide bonds. The summed E-state index contributed by atoms with van der Waals surface area (Å²) >= 11 is 0. The molecule has 4 heterocycles. The number of hydrogen-bond acceptors (Lipinski definition) is 11. The standard InChI is InChI=1S/C47H52N4O11/c1-7-14-61-45(55)49-26-32-19-31(30-11-10-28(3)38(20-30)57-5)25-48(32)42(52)34-21-40(58-6)41(22-35(34)49)60-17-9-16-59-39-23-36-33(18-29(39)4)43(53)50-27-47(12-13-47)24-37(50)44(54)51(36)46(56)62-15-8-2/h7-8,10-11,18,20-23,25,32,37,44,54H,1-2,9,12-17,19,24,26-27H2,3-6H3/t32-,37-,44?/m0/s1. The van der Waals surface area contributed by atoms with Crippen molar-refractivity contribution >= 4 is 40.9 Å². The summed E-state index contributed by atoms with van der Waals surface area (Å²) in [6.45, 7) is 12.0. The molecular weight excluding hydrogens is 797 g/mol. The number of anilines is 2. The van der Waals surface area contributed by atoms with Gasteiger partial charge in [-0.2, -0.15) is 0 Å². The molecule has 1 unspecified atom stereocenters. The molecule has 0 bridgehead atoms. The minimum atomic E-state index is -1.32. The fraction of sp³-hybridized carbons (Fsp3) is 0.404. The average Bonchev–Trinajstić information content (AvgIpc) is 3.78. The molecule has 3 aromatic rings. The summed E-state index contributed by atoms with van der Waals surface area (Å²) in [5, 5.41) is 11.7. The Hall–Kier alpha value is -6.48. The van der Waals surface area contributed by atoms with Crippen LogP contribution in [0.5, 0.6) is 23.0 Å². The second-order valence-corrected chi connectivity index (χ2v) is 16.4. The molecule has 4 aliphatic heterocycles. The number of aryl methyl sites for hydroxylation is 2. The lowest BCUT2D eigenvalue weighted by molar-refractivity contribution is 0.0496. The summed E-state index contributed by atoms with van der Waals surface area (Å²) in [6.07, 6.45) is 5.46. The van der Waals surface area contributed by atoms with Crippen molar-refractivity contribution in [3.05, 3.63) is 102 Å². The van der Waals surface area contributed by atoms with Crippen LogP contribution in [0.15, 0.2) is 74.0 Å². The number of carbonyl (C=O) groups is 4. The second kappa shape index (κ2) is 17.1. The molecule has 1 saturated heterocycles. The van der Waals surface area contributed by atoms with E-state index in [9.17, 15) is 24.3 Å². The van der Waals surface area contributed by atoms with Crippen molar-refractivity contribution in [3.8, 4) is 23.0 Å². The quantitative estimate of drug-likeness (QED) is 0.139. The number of benzene rings is 3. The molecule has 15 heteroatoms. The summed E-state index contributed by atoms with van der Waals surface area (Å²) in [5.74, 6) is 1.21. The van der Waals surface area contributed by atoms with Gasteiger partial charge < -0.3 is 43.3 Å². The van der Waals surface area contributed by atoms with Crippen LogP contribution in [0.4, 0.5) is 21.0 Å². The number of aliphatic hydroxyl groups is 1.